The normalized spacial score (nSPS) is 22.8. The average Bonchev–Trinajstić information content (AvgIpc) is 2.48. The summed E-state index contributed by atoms with van der Waals surface area (Å²) >= 11 is 0. The summed E-state index contributed by atoms with van der Waals surface area (Å²) in [6.45, 7) is 8.96. The van der Waals surface area contributed by atoms with E-state index in [4.69, 9.17) is 14.2 Å². The average molecular weight is 343 g/mol. The monoisotopic (exact) mass is 343 g/mol. The van der Waals surface area contributed by atoms with Gasteiger partial charge in [-0.25, -0.2) is 8.42 Å². The first kappa shape index (κ1) is 18.0. The lowest BCUT2D eigenvalue weighted by Crippen LogP contribution is -2.48. The predicted octanol–water partition coefficient (Wildman–Crippen LogP) is 2.28. The summed E-state index contributed by atoms with van der Waals surface area (Å²) < 4.78 is 44.2. The zero-order chi connectivity index (χ0) is 17.0. The molecule has 23 heavy (non-hydrogen) atoms. The molecule has 1 heterocycles. The second-order valence-corrected chi connectivity index (χ2v) is 7.46. The van der Waals surface area contributed by atoms with E-state index in [1.54, 1.807) is 12.1 Å². The summed E-state index contributed by atoms with van der Waals surface area (Å²) in [6.07, 6.45) is -0.279. The van der Waals surface area contributed by atoms with E-state index in [1.165, 1.54) is 10.4 Å². The van der Waals surface area contributed by atoms with Gasteiger partial charge < -0.3 is 14.2 Å². The van der Waals surface area contributed by atoms with Crippen molar-refractivity contribution >= 4 is 10.0 Å². The first-order valence-electron chi connectivity index (χ1n) is 7.93. The lowest BCUT2D eigenvalue weighted by atomic mass is 10.3. The Hall–Kier alpha value is -1.31. The molecule has 7 heteroatoms. The fourth-order valence-corrected chi connectivity index (χ4v) is 4.42. The molecule has 0 saturated carbocycles. The number of rotatable bonds is 6. The molecule has 1 fully saturated rings. The van der Waals surface area contributed by atoms with Crippen molar-refractivity contribution in [1.82, 2.24) is 4.31 Å². The standard InChI is InChI=1S/C16H25NO5S/c1-5-20-14-7-8-15(21-6-2)16(9-14)23(18,19)17-10-12(3)22-13(4)11-17/h7-9,12-13H,5-6,10-11H2,1-4H3. The third-order valence-electron chi connectivity index (χ3n) is 3.53. The summed E-state index contributed by atoms with van der Waals surface area (Å²) in [4.78, 5) is 0.145. The minimum absolute atomic E-state index is 0.140. The van der Waals surface area contributed by atoms with E-state index in [1.807, 2.05) is 27.7 Å². The van der Waals surface area contributed by atoms with Crippen molar-refractivity contribution in [3.63, 3.8) is 0 Å². The van der Waals surface area contributed by atoms with Crippen molar-refractivity contribution < 1.29 is 22.6 Å². The van der Waals surface area contributed by atoms with Crippen LogP contribution < -0.4 is 9.47 Å². The van der Waals surface area contributed by atoms with Gasteiger partial charge >= 0.3 is 0 Å². The Labute approximate surface area is 138 Å². The Morgan fingerprint density at radius 1 is 1.13 bits per heavy atom. The molecular weight excluding hydrogens is 318 g/mol. The maximum absolute atomic E-state index is 13.1. The van der Waals surface area contributed by atoms with Gasteiger partial charge in [-0.2, -0.15) is 4.31 Å². The number of ether oxygens (including phenoxy) is 3. The molecule has 2 atom stereocenters. The molecule has 0 radical (unpaired) electrons. The third-order valence-corrected chi connectivity index (χ3v) is 5.38. The molecule has 0 aromatic heterocycles. The summed E-state index contributed by atoms with van der Waals surface area (Å²) in [5.41, 5.74) is 0. The maximum Gasteiger partial charge on any atom is 0.247 e. The van der Waals surface area contributed by atoms with E-state index in [0.717, 1.165) is 0 Å². The van der Waals surface area contributed by atoms with Crippen LogP contribution >= 0.6 is 0 Å². The third kappa shape index (κ3) is 4.16. The van der Waals surface area contributed by atoms with Crippen molar-refractivity contribution in [1.29, 1.82) is 0 Å². The first-order chi connectivity index (χ1) is 10.9. The van der Waals surface area contributed by atoms with Gasteiger partial charge in [0.15, 0.2) is 0 Å². The number of nitrogens with zero attached hydrogens (tertiary/aromatic N) is 1. The smallest absolute Gasteiger partial charge is 0.247 e. The minimum Gasteiger partial charge on any atom is -0.494 e. The summed E-state index contributed by atoms with van der Waals surface area (Å²) in [6, 6.07) is 4.90. The van der Waals surface area contributed by atoms with Crippen LogP contribution in [0.3, 0.4) is 0 Å². The van der Waals surface area contributed by atoms with Gasteiger partial charge in [-0.3, -0.25) is 0 Å². The lowest BCUT2D eigenvalue weighted by molar-refractivity contribution is -0.0441. The van der Waals surface area contributed by atoms with E-state index in [0.29, 0.717) is 37.8 Å². The Kier molecular flexibility index (Phi) is 5.89. The highest BCUT2D eigenvalue weighted by molar-refractivity contribution is 7.89. The van der Waals surface area contributed by atoms with Crippen LogP contribution in [-0.4, -0.2) is 51.2 Å². The van der Waals surface area contributed by atoms with Crippen LogP contribution in [0.2, 0.25) is 0 Å². The van der Waals surface area contributed by atoms with E-state index in [-0.39, 0.29) is 17.1 Å². The molecule has 0 spiro atoms. The second kappa shape index (κ2) is 7.51. The molecule has 2 rings (SSSR count). The molecule has 1 aromatic carbocycles. The van der Waals surface area contributed by atoms with Crippen molar-refractivity contribution in [3.8, 4) is 11.5 Å². The molecule has 0 aliphatic carbocycles. The fourth-order valence-electron chi connectivity index (χ4n) is 2.69. The van der Waals surface area contributed by atoms with Crippen molar-refractivity contribution in [3.05, 3.63) is 18.2 Å². The van der Waals surface area contributed by atoms with Crippen LogP contribution in [-0.2, 0) is 14.8 Å². The lowest BCUT2D eigenvalue weighted by Gasteiger charge is -2.34. The van der Waals surface area contributed by atoms with Crippen LogP contribution in [0.25, 0.3) is 0 Å². The highest BCUT2D eigenvalue weighted by Gasteiger charge is 2.34. The van der Waals surface area contributed by atoms with Crippen LogP contribution in [0.4, 0.5) is 0 Å². The van der Waals surface area contributed by atoms with Gasteiger partial charge in [0.2, 0.25) is 10.0 Å². The molecule has 1 aliphatic rings. The van der Waals surface area contributed by atoms with Crippen LogP contribution in [0.5, 0.6) is 11.5 Å². The van der Waals surface area contributed by atoms with Crippen LogP contribution in [0.1, 0.15) is 27.7 Å². The molecule has 1 aromatic rings. The molecule has 0 N–H and O–H groups in total. The van der Waals surface area contributed by atoms with Gasteiger partial charge in [0, 0.05) is 19.2 Å². The van der Waals surface area contributed by atoms with E-state index in [2.05, 4.69) is 0 Å². The van der Waals surface area contributed by atoms with Crippen molar-refractivity contribution in [2.75, 3.05) is 26.3 Å². The van der Waals surface area contributed by atoms with Crippen LogP contribution in [0.15, 0.2) is 23.1 Å². The molecule has 1 aliphatic heterocycles. The highest BCUT2D eigenvalue weighted by atomic mass is 32.2. The Morgan fingerprint density at radius 2 is 1.74 bits per heavy atom. The summed E-state index contributed by atoms with van der Waals surface area (Å²) in [7, 11) is -3.67. The zero-order valence-electron chi connectivity index (χ0n) is 14.1. The Balaban J connectivity index is 2.41. The largest absolute Gasteiger partial charge is 0.494 e. The van der Waals surface area contributed by atoms with Crippen LogP contribution in [0, 0.1) is 0 Å². The topological polar surface area (TPSA) is 65.1 Å². The summed E-state index contributed by atoms with van der Waals surface area (Å²) in [5, 5.41) is 0. The Morgan fingerprint density at radius 3 is 2.30 bits per heavy atom. The van der Waals surface area contributed by atoms with Gasteiger partial charge in [0.05, 0.1) is 25.4 Å². The molecule has 1 saturated heterocycles. The van der Waals surface area contributed by atoms with Crippen molar-refractivity contribution in [2.45, 2.75) is 44.8 Å². The molecule has 6 nitrogen and oxygen atoms in total. The Bertz CT molecular complexity index is 621. The molecule has 0 amide bonds. The van der Waals surface area contributed by atoms with Gasteiger partial charge in [-0.1, -0.05) is 0 Å². The first-order valence-corrected chi connectivity index (χ1v) is 9.37. The second-order valence-electron chi connectivity index (χ2n) is 5.55. The molecule has 2 unspecified atom stereocenters. The minimum atomic E-state index is -3.67. The molecule has 130 valence electrons. The fraction of sp³-hybridized carbons (Fsp3) is 0.625. The number of sulfonamides is 1. The number of benzene rings is 1. The van der Waals surface area contributed by atoms with Gasteiger partial charge in [0.1, 0.15) is 16.4 Å². The maximum atomic E-state index is 13.1. The van der Waals surface area contributed by atoms with Crippen molar-refractivity contribution in [2.24, 2.45) is 0 Å². The SMILES string of the molecule is CCOc1ccc(OCC)c(S(=O)(=O)N2CC(C)OC(C)C2)c1. The predicted molar refractivity (Wildman–Crippen MR) is 87.5 cm³/mol. The molecule has 0 bridgehead atoms. The number of hydrogen-bond acceptors (Lipinski definition) is 5. The van der Waals surface area contributed by atoms with E-state index >= 15 is 0 Å². The summed E-state index contributed by atoms with van der Waals surface area (Å²) in [5.74, 6) is 0.867. The number of morpholine rings is 1. The van der Waals surface area contributed by atoms with Gasteiger partial charge in [0.25, 0.3) is 0 Å². The van der Waals surface area contributed by atoms with Gasteiger partial charge in [-0.15, -0.1) is 0 Å². The quantitative estimate of drug-likeness (QED) is 0.793. The highest BCUT2D eigenvalue weighted by Crippen LogP contribution is 2.32. The van der Waals surface area contributed by atoms with Gasteiger partial charge in [-0.05, 0) is 39.8 Å². The molecular formula is C16H25NO5S. The van der Waals surface area contributed by atoms with E-state index < -0.39 is 10.0 Å². The number of hydrogen-bond donors (Lipinski definition) is 0. The van der Waals surface area contributed by atoms with E-state index in [9.17, 15) is 8.42 Å². The zero-order valence-corrected chi connectivity index (χ0v) is 14.9.